The molecule has 0 unspecified atom stereocenters. The predicted molar refractivity (Wildman–Crippen MR) is 102 cm³/mol. The second-order valence-corrected chi connectivity index (χ2v) is 8.08. The number of hydrogen-bond donors (Lipinski definition) is 1. The molecule has 2 aromatic carbocycles. The van der Waals surface area contributed by atoms with Crippen LogP contribution in [0.3, 0.4) is 0 Å². The Balaban J connectivity index is 1.53. The quantitative estimate of drug-likeness (QED) is 0.772. The number of aromatic nitrogens is 1. The molecule has 1 aliphatic carbocycles. The number of para-hydroxylation sites is 1. The first-order valence-electron chi connectivity index (χ1n) is 8.41. The van der Waals surface area contributed by atoms with Crippen molar-refractivity contribution in [3.8, 4) is 0 Å². The summed E-state index contributed by atoms with van der Waals surface area (Å²) in [7, 11) is -3.83. The number of fused-ring (bicyclic) bond motifs is 2. The van der Waals surface area contributed by atoms with Crippen LogP contribution >= 0.6 is 0 Å². The fourth-order valence-electron chi connectivity index (χ4n) is 3.30. The van der Waals surface area contributed by atoms with Crippen molar-refractivity contribution in [1.29, 1.82) is 0 Å². The summed E-state index contributed by atoms with van der Waals surface area (Å²) in [5.41, 5.74) is 2.91. The van der Waals surface area contributed by atoms with Gasteiger partial charge >= 0.3 is 0 Å². The van der Waals surface area contributed by atoms with Crippen LogP contribution < -0.4 is 4.72 Å². The maximum absolute atomic E-state index is 12.6. The van der Waals surface area contributed by atoms with Gasteiger partial charge in [0.25, 0.3) is 15.9 Å². The smallest absolute Gasteiger partial charge is 0.260 e. The number of sulfonamides is 1. The Hall–Kier alpha value is -2.86. The third kappa shape index (κ3) is 3.15. The maximum atomic E-state index is 12.6. The largest absolute Gasteiger partial charge is 0.338 e. The van der Waals surface area contributed by atoms with Crippen molar-refractivity contribution in [2.75, 3.05) is 0 Å². The van der Waals surface area contributed by atoms with Crippen LogP contribution in [-0.4, -0.2) is 18.9 Å². The van der Waals surface area contributed by atoms with E-state index in [0.717, 1.165) is 22.0 Å². The summed E-state index contributed by atoms with van der Waals surface area (Å²) >= 11 is 0. The number of benzene rings is 2. The highest BCUT2D eigenvalue weighted by Gasteiger charge is 2.23. The fraction of sp³-hybridized carbons (Fsp3) is 0.150. The molecule has 0 radical (unpaired) electrons. The van der Waals surface area contributed by atoms with Crippen LogP contribution in [0, 0.1) is 0 Å². The van der Waals surface area contributed by atoms with Gasteiger partial charge in [-0.25, -0.2) is 13.1 Å². The van der Waals surface area contributed by atoms with Crippen molar-refractivity contribution in [2.45, 2.75) is 19.4 Å². The minimum absolute atomic E-state index is 0.0450. The van der Waals surface area contributed by atoms with Gasteiger partial charge in [0.1, 0.15) is 6.54 Å². The Kier molecular flexibility index (Phi) is 4.12. The van der Waals surface area contributed by atoms with Crippen molar-refractivity contribution < 1.29 is 13.2 Å². The van der Waals surface area contributed by atoms with Crippen LogP contribution in [0.2, 0.25) is 0 Å². The number of rotatable bonds is 4. The number of aryl methyl sites for hydroxylation is 1. The van der Waals surface area contributed by atoms with Crippen LogP contribution in [0.5, 0.6) is 0 Å². The summed E-state index contributed by atoms with van der Waals surface area (Å²) in [6, 6.07) is 17.3. The molecular weight excluding hydrogens is 348 g/mol. The molecule has 0 saturated carbocycles. The van der Waals surface area contributed by atoms with Gasteiger partial charge in [0.2, 0.25) is 0 Å². The van der Waals surface area contributed by atoms with E-state index in [-0.39, 0.29) is 11.4 Å². The number of nitrogens with zero attached hydrogens (tertiary/aromatic N) is 1. The average Bonchev–Trinajstić information content (AvgIpc) is 3.04. The van der Waals surface area contributed by atoms with E-state index in [1.54, 1.807) is 16.8 Å². The Morgan fingerprint density at radius 3 is 2.65 bits per heavy atom. The fourth-order valence-corrected chi connectivity index (χ4v) is 4.45. The number of carbonyl (C=O) groups excluding carboxylic acids is 1. The summed E-state index contributed by atoms with van der Waals surface area (Å²) in [6.07, 6.45) is 4.48. The molecule has 1 aromatic heterocycles. The van der Waals surface area contributed by atoms with Crippen molar-refractivity contribution in [1.82, 2.24) is 9.29 Å². The molecule has 0 spiro atoms. The second kappa shape index (κ2) is 6.46. The van der Waals surface area contributed by atoms with Crippen molar-refractivity contribution in [3.63, 3.8) is 0 Å². The topological polar surface area (TPSA) is 68.2 Å². The van der Waals surface area contributed by atoms with Gasteiger partial charge < -0.3 is 4.57 Å². The van der Waals surface area contributed by atoms with Gasteiger partial charge in [-0.3, -0.25) is 4.79 Å². The van der Waals surface area contributed by atoms with Crippen LogP contribution in [0.15, 0.2) is 65.7 Å². The molecule has 1 N–H and O–H groups in total. The van der Waals surface area contributed by atoms with E-state index in [1.807, 2.05) is 54.6 Å². The first-order chi connectivity index (χ1) is 12.5. The lowest BCUT2D eigenvalue weighted by Crippen LogP contribution is -2.34. The molecule has 1 heterocycles. The van der Waals surface area contributed by atoms with E-state index in [1.165, 1.54) is 0 Å². The Morgan fingerprint density at radius 2 is 1.77 bits per heavy atom. The molecule has 132 valence electrons. The highest BCUT2D eigenvalue weighted by molar-refractivity contribution is 7.94. The molecule has 26 heavy (non-hydrogen) atoms. The highest BCUT2D eigenvalue weighted by atomic mass is 32.2. The minimum atomic E-state index is -3.83. The summed E-state index contributed by atoms with van der Waals surface area (Å²) < 4.78 is 29.1. The molecule has 0 saturated heterocycles. The zero-order valence-electron chi connectivity index (χ0n) is 14.1. The van der Waals surface area contributed by atoms with E-state index in [0.29, 0.717) is 12.8 Å². The summed E-state index contributed by atoms with van der Waals surface area (Å²) in [5, 5.41) is 1.01. The Morgan fingerprint density at radius 1 is 1.00 bits per heavy atom. The lowest BCUT2D eigenvalue weighted by molar-refractivity contribution is -0.119. The molecule has 1 aliphatic rings. The Bertz CT molecular complexity index is 1130. The third-order valence-corrected chi connectivity index (χ3v) is 6.11. The lowest BCUT2D eigenvalue weighted by Gasteiger charge is -2.17. The molecular formula is C20H18N2O3S. The monoisotopic (exact) mass is 366 g/mol. The van der Waals surface area contributed by atoms with Gasteiger partial charge in [0.15, 0.2) is 0 Å². The molecule has 1 amide bonds. The Labute approximate surface area is 152 Å². The van der Waals surface area contributed by atoms with Crippen LogP contribution in [-0.2, 0) is 27.8 Å². The van der Waals surface area contributed by atoms with Gasteiger partial charge in [-0.05, 0) is 47.6 Å². The van der Waals surface area contributed by atoms with Crippen molar-refractivity contribution in [3.05, 3.63) is 76.8 Å². The van der Waals surface area contributed by atoms with Gasteiger partial charge in [-0.15, -0.1) is 0 Å². The standard InChI is InChI=1S/C20H18N2O3S/c23-20(14-22-12-11-16-6-3-4-8-19(16)22)21-26(24,25)18-10-9-15-5-1-2-7-17(15)13-18/h1-8,11-13H,9-10,14H2,(H,21,23). The van der Waals surface area contributed by atoms with Crippen molar-refractivity contribution >= 4 is 32.9 Å². The SMILES string of the molecule is O=C(Cn1ccc2ccccc21)NS(=O)(=O)C1=Cc2ccccc2CC1. The number of nitrogens with one attached hydrogen (secondary N) is 1. The highest BCUT2D eigenvalue weighted by Crippen LogP contribution is 2.26. The summed E-state index contributed by atoms with van der Waals surface area (Å²) in [5.74, 6) is -0.550. The van der Waals surface area contributed by atoms with Crippen LogP contribution in [0.4, 0.5) is 0 Å². The number of allylic oxidation sites excluding steroid dienone is 1. The molecule has 0 atom stereocenters. The molecule has 0 fully saturated rings. The minimum Gasteiger partial charge on any atom is -0.338 e. The summed E-state index contributed by atoms with van der Waals surface area (Å²) in [6.45, 7) is -0.0450. The first-order valence-corrected chi connectivity index (χ1v) is 9.89. The third-order valence-electron chi connectivity index (χ3n) is 4.60. The average molecular weight is 366 g/mol. The molecule has 0 aliphatic heterocycles. The second-order valence-electron chi connectivity index (χ2n) is 6.34. The lowest BCUT2D eigenvalue weighted by atomic mass is 9.98. The van der Waals surface area contributed by atoms with Gasteiger partial charge in [-0.2, -0.15) is 0 Å². The van der Waals surface area contributed by atoms with E-state index in [2.05, 4.69) is 4.72 Å². The van der Waals surface area contributed by atoms with Crippen LogP contribution in [0.25, 0.3) is 17.0 Å². The first kappa shape index (κ1) is 16.6. The normalized spacial score (nSPS) is 13.9. The zero-order valence-corrected chi connectivity index (χ0v) is 14.9. The molecule has 0 bridgehead atoms. The van der Waals surface area contributed by atoms with E-state index in [9.17, 15) is 13.2 Å². The molecule has 6 heteroatoms. The van der Waals surface area contributed by atoms with E-state index < -0.39 is 15.9 Å². The number of carbonyl (C=O) groups is 1. The molecule has 3 aromatic rings. The van der Waals surface area contributed by atoms with Crippen molar-refractivity contribution in [2.24, 2.45) is 0 Å². The van der Waals surface area contributed by atoms with E-state index >= 15 is 0 Å². The van der Waals surface area contributed by atoms with Gasteiger partial charge in [0.05, 0.1) is 4.91 Å². The van der Waals surface area contributed by atoms with Crippen LogP contribution in [0.1, 0.15) is 17.5 Å². The van der Waals surface area contributed by atoms with Gasteiger partial charge in [-0.1, -0.05) is 42.5 Å². The van der Waals surface area contributed by atoms with E-state index in [4.69, 9.17) is 0 Å². The zero-order chi connectivity index (χ0) is 18.1. The summed E-state index contributed by atoms with van der Waals surface area (Å²) in [4.78, 5) is 12.6. The van der Waals surface area contributed by atoms with Gasteiger partial charge in [0, 0.05) is 11.7 Å². The number of amides is 1. The molecule has 5 nitrogen and oxygen atoms in total. The predicted octanol–water partition coefficient (Wildman–Crippen LogP) is 3.07. The number of hydrogen-bond acceptors (Lipinski definition) is 3. The molecule has 4 rings (SSSR count). The maximum Gasteiger partial charge on any atom is 0.260 e.